The zero-order chi connectivity index (χ0) is 20.1. The van der Waals surface area contributed by atoms with E-state index in [0.29, 0.717) is 0 Å². The van der Waals surface area contributed by atoms with Gasteiger partial charge in [0.15, 0.2) is 6.54 Å². The highest BCUT2D eigenvalue weighted by atomic mass is 19.4. The van der Waals surface area contributed by atoms with Gasteiger partial charge in [-0.2, -0.15) is 13.2 Å². The van der Waals surface area contributed by atoms with Crippen LogP contribution >= 0.6 is 0 Å². The number of alkyl halides is 3. The number of hydrogen-bond donors (Lipinski definition) is 3. The van der Waals surface area contributed by atoms with E-state index in [9.17, 15) is 18.0 Å². The molecule has 0 saturated carbocycles. The van der Waals surface area contributed by atoms with Crippen LogP contribution in [-0.2, 0) is 17.5 Å². The Kier molecular flexibility index (Phi) is 6.36. The van der Waals surface area contributed by atoms with E-state index in [4.69, 9.17) is 0 Å². The number of hydrogen-bond acceptors (Lipinski definition) is 1. The zero-order valence-electron chi connectivity index (χ0n) is 15.9. The molecule has 2 aromatic carbocycles. The highest BCUT2D eigenvalue weighted by molar-refractivity contribution is 5.92. The van der Waals surface area contributed by atoms with Crippen molar-refractivity contribution in [3.8, 4) is 0 Å². The number of amides is 1. The highest BCUT2D eigenvalue weighted by Gasteiger charge is 2.34. The molecule has 0 spiro atoms. The molecule has 1 fully saturated rings. The van der Waals surface area contributed by atoms with Crippen LogP contribution < -0.4 is 15.1 Å². The Morgan fingerprint density at radius 1 is 0.964 bits per heavy atom. The molecule has 0 unspecified atom stereocenters. The SMILES string of the molecule is Cc1ccccc1C[NH+]1CC[NH+](CC(=O)Nc2ccccc2C(F)(F)F)CC1. The summed E-state index contributed by atoms with van der Waals surface area (Å²) in [5.41, 5.74) is 1.63. The molecule has 2 aromatic rings. The second-order valence-electron chi connectivity index (χ2n) is 7.37. The van der Waals surface area contributed by atoms with Crippen molar-refractivity contribution < 1.29 is 27.8 Å². The Bertz CT molecular complexity index is 815. The first-order valence-electron chi connectivity index (χ1n) is 9.50. The second kappa shape index (κ2) is 8.75. The monoisotopic (exact) mass is 393 g/mol. The Morgan fingerprint density at radius 2 is 1.57 bits per heavy atom. The molecule has 3 rings (SSSR count). The predicted molar refractivity (Wildman–Crippen MR) is 101 cm³/mol. The van der Waals surface area contributed by atoms with E-state index in [1.807, 2.05) is 12.1 Å². The average Bonchev–Trinajstić information content (AvgIpc) is 2.65. The first-order valence-corrected chi connectivity index (χ1v) is 9.50. The quantitative estimate of drug-likeness (QED) is 0.695. The van der Waals surface area contributed by atoms with Crippen molar-refractivity contribution in [2.75, 3.05) is 38.0 Å². The molecule has 3 N–H and O–H groups in total. The molecule has 1 saturated heterocycles. The number of anilines is 1. The van der Waals surface area contributed by atoms with Crippen LogP contribution in [-0.4, -0.2) is 38.6 Å². The molecule has 0 bridgehead atoms. The average molecular weight is 393 g/mol. The molecule has 0 radical (unpaired) electrons. The summed E-state index contributed by atoms with van der Waals surface area (Å²) in [7, 11) is 0. The molecule has 150 valence electrons. The summed E-state index contributed by atoms with van der Waals surface area (Å²) in [5, 5.41) is 2.44. The van der Waals surface area contributed by atoms with Crippen molar-refractivity contribution in [1.29, 1.82) is 0 Å². The molecule has 0 aromatic heterocycles. The van der Waals surface area contributed by atoms with Gasteiger partial charge in [0, 0.05) is 5.56 Å². The minimum atomic E-state index is -4.48. The van der Waals surface area contributed by atoms with E-state index in [1.54, 1.807) is 0 Å². The van der Waals surface area contributed by atoms with Gasteiger partial charge in [0.25, 0.3) is 5.91 Å². The third-order valence-corrected chi connectivity index (χ3v) is 5.28. The normalized spacial score (nSPS) is 20.0. The summed E-state index contributed by atoms with van der Waals surface area (Å²) in [5.74, 6) is -0.381. The number of carbonyl (C=O) groups is 1. The van der Waals surface area contributed by atoms with Crippen molar-refractivity contribution in [2.45, 2.75) is 19.6 Å². The fourth-order valence-electron chi connectivity index (χ4n) is 3.65. The minimum absolute atomic E-state index is 0.178. The van der Waals surface area contributed by atoms with Gasteiger partial charge in [0.1, 0.15) is 32.7 Å². The summed E-state index contributed by atoms with van der Waals surface area (Å²) < 4.78 is 39.1. The summed E-state index contributed by atoms with van der Waals surface area (Å²) in [6, 6.07) is 13.4. The van der Waals surface area contributed by atoms with Gasteiger partial charge in [-0.1, -0.05) is 36.4 Å². The lowest BCUT2D eigenvalue weighted by molar-refractivity contribution is -1.02. The van der Waals surface area contributed by atoms with Gasteiger partial charge in [-0.25, -0.2) is 0 Å². The Hall–Kier alpha value is -2.38. The van der Waals surface area contributed by atoms with E-state index in [1.165, 1.54) is 34.2 Å². The number of rotatable bonds is 5. The van der Waals surface area contributed by atoms with Crippen molar-refractivity contribution in [3.63, 3.8) is 0 Å². The van der Waals surface area contributed by atoms with Crippen LogP contribution in [0.5, 0.6) is 0 Å². The first kappa shape index (κ1) is 20.4. The van der Waals surface area contributed by atoms with Crippen LogP contribution in [0.15, 0.2) is 48.5 Å². The lowest BCUT2D eigenvalue weighted by Gasteiger charge is -2.29. The number of halogens is 3. The minimum Gasteiger partial charge on any atom is -0.322 e. The third-order valence-electron chi connectivity index (χ3n) is 5.28. The molecular weight excluding hydrogens is 367 g/mol. The molecule has 1 amide bonds. The molecule has 1 aliphatic rings. The fourth-order valence-corrected chi connectivity index (χ4v) is 3.65. The van der Waals surface area contributed by atoms with Crippen molar-refractivity contribution >= 4 is 11.6 Å². The third kappa shape index (κ3) is 5.33. The smallest absolute Gasteiger partial charge is 0.322 e. The number of carbonyl (C=O) groups excluding carboxylic acids is 1. The molecule has 4 nitrogen and oxygen atoms in total. The summed E-state index contributed by atoms with van der Waals surface area (Å²) >= 11 is 0. The number of nitrogens with one attached hydrogen (secondary N) is 3. The van der Waals surface area contributed by atoms with E-state index >= 15 is 0 Å². The van der Waals surface area contributed by atoms with Crippen LogP contribution in [0.4, 0.5) is 18.9 Å². The number of para-hydroxylation sites is 1. The molecule has 1 heterocycles. The van der Waals surface area contributed by atoms with E-state index < -0.39 is 11.7 Å². The van der Waals surface area contributed by atoms with Crippen LogP contribution in [0.1, 0.15) is 16.7 Å². The maximum atomic E-state index is 13.0. The van der Waals surface area contributed by atoms with Gasteiger partial charge in [0.2, 0.25) is 0 Å². The number of aryl methyl sites for hydroxylation is 1. The van der Waals surface area contributed by atoms with E-state index in [2.05, 4.69) is 24.4 Å². The van der Waals surface area contributed by atoms with Gasteiger partial charge >= 0.3 is 6.18 Å². The highest BCUT2D eigenvalue weighted by Crippen LogP contribution is 2.34. The number of benzene rings is 2. The topological polar surface area (TPSA) is 38.0 Å². The van der Waals surface area contributed by atoms with Crippen molar-refractivity contribution in [3.05, 3.63) is 65.2 Å². The van der Waals surface area contributed by atoms with Crippen molar-refractivity contribution in [2.24, 2.45) is 0 Å². The molecule has 1 aliphatic heterocycles. The Labute approximate surface area is 162 Å². The molecule has 28 heavy (non-hydrogen) atoms. The summed E-state index contributed by atoms with van der Waals surface area (Å²) in [4.78, 5) is 14.9. The standard InChI is InChI=1S/C21H24F3N3O/c1-16-6-2-3-7-17(16)14-26-10-12-27(13-11-26)15-20(28)25-19-9-5-4-8-18(19)21(22,23)24/h2-9H,10-15H2,1H3,(H,25,28)/p+2. The van der Waals surface area contributed by atoms with Crippen LogP contribution in [0.2, 0.25) is 0 Å². The molecular formula is C21H26F3N3O+2. The maximum absolute atomic E-state index is 13.0. The molecule has 0 atom stereocenters. The van der Waals surface area contributed by atoms with Gasteiger partial charge in [-0.05, 0) is 24.6 Å². The lowest BCUT2D eigenvalue weighted by Crippen LogP contribution is -3.28. The first-order chi connectivity index (χ1) is 13.3. The van der Waals surface area contributed by atoms with Gasteiger partial charge in [0.05, 0.1) is 11.3 Å². The van der Waals surface area contributed by atoms with Crippen molar-refractivity contribution in [1.82, 2.24) is 0 Å². The summed E-state index contributed by atoms with van der Waals surface area (Å²) in [6.07, 6.45) is -4.48. The van der Waals surface area contributed by atoms with Crippen LogP contribution in [0.25, 0.3) is 0 Å². The molecule has 7 heteroatoms. The van der Waals surface area contributed by atoms with Crippen LogP contribution in [0, 0.1) is 6.92 Å². The Morgan fingerprint density at radius 3 is 2.25 bits per heavy atom. The van der Waals surface area contributed by atoms with E-state index in [0.717, 1.165) is 43.7 Å². The fraction of sp³-hybridized carbons (Fsp3) is 0.381. The maximum Gasteiger partial charge on any atom is 0.418 e. The molecule has 0 aliphatic carbocycles. The largest absolute Gasteiger partial charge is 0.418 e. The van der Waals surface area contributed by atoms with E-state index in [-0.39, 0.29) is 18.1 Å². The summed E-state index contributed by atoms with van der Waals surface area (Å²) in [6.45, 7) is 6.80. The van der Waals surface area contributed by atoms with Crippen LogP contribution in [0.3, 0.4) is 0 Å². The Balaban J connectivity index is 1.50. The number of piperazine rings is 1. The van der Waals surface area contributed by atoms with Gasteiger partial charge < -0.3 is 15.1 Å². The lowest BCUT2D eigenvalue weighted by atomic mass is 10.1. The van der Waals surface area contributed by atoms with Gasteiger partial charge in [-0.15, -0.1) is 0 Å². The second-order valence-corrected chi connectivity index (χ2v) is 7.37. The van der Waals surface area contributed by atoms with Gasteiger partial charge in [-0.3, -0.25) is 4.79 Å². The zero-order valence-corrected chi connectivity index (χ0v) is 15.9. The number of quaternary nitrogens is 2. The predicted octanol–water partition coefficient (Wildman–Crippen LogP) is 0.936.